The van der Waals surface area contributed by atoms with Crippen LogP contribution in [0.1, 0.15) is 17.2 Å². The van der Waals surface area contributed by atoms with Crippen molar-refractivity contribution in [3.8, 4) is 0 Å². The first-order valence-electron chi connectivity index (χ1n) is 4.34. The fourth-order valence-corrected chi connectivity index (χ4v) is 1.42. The summed E-state index contributed by atoms with van der Waals surface area (Å²) in [5.41, 5.74) is 7.70. The molecule has 3 nitrogen and oxygen atoms in total. The van der Waals surface area contributed by atoms with Gasteiger partial charge in [-0.2, -0.15) is 0 Å². The zero-order valence-electron chi connectivity index (χ0n) is 7.94. The maximum Gasteiger partial charge on any atom is 0.108 e. The number of nitrogens with two attached hydrogens (primary N) is 1. The van der Waals surface area contributed by atoms with Crippen LogP contribution in [0.15, 0.2) is 18.2 Å². The number of alkyl halides is 1. The van der Waals surface area contributed by atoms with Gasteiger partial charge in [0.15, 0.2) is 0 Å². The van der Waals surface area contributed by atoms with Gasteiger partial charge in [-0.25, -0.2) is 0 Å². The maximum absolute atomic E-state index is 9.65. The molecule has 0 bridgehead atoms. The van der Waals surface area contributed by atoms with Crippen LogP contribution in [0.5, 0.6) is 0 Å². The zero-order chi connectivity index (χ0) is 10.7. The Balaban J connectivity index is 2.95. The minimum absolute atomic E-state index is 0.0194. The minimum Gasteiger partial charge on any atom is -0.398 e. The molecule has 0 saturated heterocycles. The summed E-state index contributed by atoms with van der Waals surface area (Å²) in [6.45, 7) is 1.91. The van der Waals surface area contributed by atoms with Crippen LogP contribution in [0.25, 0.3) is 0 Å². The van der Waals surface area contributed by atoms with Crippen molar-refractivity contribution in [1.29, 1.82) is 0 Å². The van der Waals surface area contributed by atoms with Crippen molar-refractivity contribution < 1.29 is 10.2 Å². The average Bonchev–Trinajstić information content (AvgIpc) is 2.15. The summed E-state index contributed by atoms with van der Waals surface area (Å²) >= 11 is 5.43. The molecule has 0 heterocycles. The van der Waals surface area contributed by atoms with Crippen molar-refractivity contribution in [2.24, 2.45) is 0 Å². The molecule has 78 valence electrons. The maximum atomic E-state index is 9.65. The summed E-state index contributed by atoms with van der Waals surface area (Å²) in [6, 6.07) is 5.28. The van der Waals surface area contributed by atoms with Crippen molar-refractivity contribution in [1.82, 2.24) is 0 Å². The fraction of sp³-hybridized carbons (Fsp3) is 0.400. The lowest BCUT2D eigenvalue weighted by Gasteiger charge is -2.17. The summed E-state index contributed by atoms with van der Waals surface area (Å²) in [5.74, 6) is -0.0194. The molecule has 4 N–H and O–H groups in total. The van der Waals surface area contributed by atoms with E-state index >= 15 is 0 Å². The van der Waals surface area contributed by atoms with Crippen LogP contribution in [0.2, 0.25) is 0 Å². The lowest BCUT2D eigenvalue weighted by molar-refractivity contribution is 0.0332. The highest BCUT2D eigenvalue weighted by Gasteiger charge is 2.19. The molecule has 1 aromatic carbocycles. The standard InChI is InChI=1S/C10H14ClNO2/c1-6-2-3-7(8(12)4-6)10(14)9(13)5-11/h2-4,9-10,13-14H,5,12H2,1H3. The van der Waals surface area contributed by atoms with Crippen molar-refractivity contribution in [2.75, 3.05) is 11.6 Å². The quantitative estimate of drug-likeness (QED) is 0.525. The Morgan fingerprint density at radius 1 is 1.43 bits per heavy atom. The third-order valence-corrected chi connectivity index (χ3v) is 2.40. The Bertz CT molecular complexity index is 317. The molecule has 0 aliphatic rings. The molecular weight excluding hydrogens is 202 g/mol. The predicted molar refractivity (Wildman–Crippen MR) is 57.3 cm³/mol. The van der Waals surface area contributed by atoms with E-state index in [2.05, 4.69) is 0 Å². The molecule has 1 aromatic rings. The molecule has 0 amide bonds. The Morgan fingerprint density at radius 2 is 2.07 bits per heavy atom. The monoisotopic (exact) mass is 215 g/mol. The molecule has 0 saturated carbocycles. The number of anilines is 1. The summed E-state index contributed by atoms with van der Waals surface area (Å²) in [5, 5.41) is 19.0. The second-order valence-electron chi connectivity index (χ2n) is 3.30. The molecule has 4 heteroatoms. The summed E-state index contributed by atoms with van der Waals surface area (Å²) in [7, 11) is 0. The summed E-state index contributed by atoms with van der Waals surface area (Å²) in [4.78, 5) is 0. The van der Waals surface area contributed by atoms with E-state index in [1.165, 1.54) is 0 Å². The van der Waals surface area contributed by atoms with E-state index in [0.717, 1.165) is 5.56 Å². The SMILES string of the molecule is Cc1ccc(C(O)C(O)CCl)c(N)c1. The van der Waals surface area contributed by atoms with Gasteiger partial charge in [0.05, 0.1) is 12.0 Å². The Kier molecular flexibility index (Phi) is 3.75. The number of nitrogen functional groups attached to an aromatic ring is 1. The Labute approximate surface area is 88.1 Å². The number of benzene rings is 1. The van der Waals surface area contributed by atoms with Crippen LogP contribution in [-0.2, 0) is 0 Å². The lowest BCUT2D eigenvalue weighted by Crippen LogP contribution is -2.20. The second kappa shape index (κ2) is 4.64. The summed E-state index contributed by atoms with van der Waals surface area (Å²) in [6.07, 6.45) is -2.00. The molecule has 0 aliphatic heterocycles. The van der Waals surface area contributed by atoms with E-state index in [9.17, 15) is 10.2 Å². The van der Waals surface area contributed by atoms with E-state index in [0.29, 0.717) is 11.3 Å². The molecule has 1 rings (SSSR count). The van der Waals surface area contributed by atoms with Gasteiger partial charge < -0.3 is 15.9 Å². The van der Waals surface area contributed by atoms with Gasteiger partial charge in [0, 0.05) is 11.3 Å². The average molecular weight is 216 g/mol. The highest BCUT2D eigenvalue weighted by atomic mass is 35.5. The largest absolute Gasteiger partial charge is 0.398 e. The van der Waals surface area contributed by atoms with Crippen LogP contribution in [-0.4, -0.2) is 22.2 Å². The van der Waals surface area contributed by atoms with Gasteiger partial charge in [0.25, 0.3) is 0 Å². The van der Waals surface area contributed by atoms with Crippen molar-refractivity contribution in [3.63, 3.8) is 0 Å². The predicted octanol–water partition coefficient (Wildman–Crippen LogP) is 1.21. The molecule has 0 aliphatic carbocycles. The van der Waals surface area contributed by atoms with Crippen molar-refractivity contribution in [3.05, 3.63) is 29.3 Å². The van der Waals surface area contributed by atoms with Crippen LogP contribution >= 0.6 is 11.6 Å². The number of aryl methyl sites for hydroxylation is 1. The molecular formula is C10H14ClNO2. The van der Waals surface area contributed by atoms with Gasteiger partial charge in [-0.1, -0.05) is 12.1 Å². The van der Waals surface area contributed by atoms with E-state index in [1.54, 1.807) is 12.1 Å². The number of rotatable bonds is 3. The number of hydrogen-bond donors (Lipinski definition) is 3. The third kappa shape index (κ3) is 2.38. The summed E-state index contributed by atoms with van der Waals surface area (Å²) < 4.78 is 0. The van der Waals surface area contributed by atoms with E-state index in [-0.39, 0.29) is 5.88 Å². The highest BCUT2D eigenvalue weighted by Crippen LogP contribution is 2.24. The first-order valence-corrected chi connectivity index (χ1v) is 4.88. The lowest BCUT2D eigenvalue weighted by atomic mass is 10.0. The van der Waals surface area contributed by atoms with Gasteiger partial charge in [-0.3, -0.25) is 0 Å². The van der Waals surface area contributed by atoms with Crippen molar-refractivity contribution in [2.45, 2.75) is 19.1 Å². The zero-order valence-corrected chi connectivity index (χ0v) is 8.70. The van der Waals surface area contributed by atoms with E-state index < -0.39 is 12.2 Å². The van der Waals surface area contributed by atoms with E-state index in [1.807, 2.05) is 13.0 Å². The first-order chi connectivity index (χ1) is 6.56. The smallest absolute Gasteiger partial charge is 0.108 e. The molecule has 0 spiro atoms. The molecule has 0 radical (unpaired) electrons. The third-order valence-electron chi connectivity index (χ3n) is 2.08. The fourth-order valence-electron chi connectivity index (χ4n) is 1.26. The number of halogens is 1. The van der Waals surface area contributed by atoms with Gasteiger partial charge in [0.2, 0.25) is 0 Å². The van der Waals surface area contributed by atoms with Crippen LogP contribution in [0.3, 0.4) is 0 Å². The molecule has 0 aromatic heterocycles. The van der Waals surface area contributed by atoms with Gasteiger partial charge in [0.1, 0.15) is 6.10 Å². The van der Waals surface area contributed by atoms with Gasteiger partial charge in [-0.05, 0) is 18.6 Å². The van der Waals surface area contributed by atoms with Gasteiger partial charge >= 0.3 is 0 Å². The van der Waals surface area contributed by atoms with Crippen LogP contribution in [0.4, 0.5) is 5.69 Å². The number of aliphatic hydroxyl groups is 2. The Morgan fingerprint density at radius 3 is 2.57 bits per heavy atom. The topological polar surface area (TPSA) is 66.5 Å². The highest BCUT2D eigenvalue weighted by molar-refractivity contribution is 6.18. The van der Waals surface area contributed by atoms with E-state index in [4.69, 9.17) is 17.3 Å². The Hall–Kier alpha value is -0.770. The van der Waals surface area contributed by atoms with Gasteiger partial charge in [-0.15, -0.1) is 11.6 Å². The first kappa shape index (κ1) is 11.3. The van der Waals surface area contributed by atoms with Crippen LogP contribution < -0.4 is 5.73 Å². The second-order valence-corrected chi connectivity index (χ2v) is 3.61. The normalized spacial score (nSPS) is 15.1. The minimum atomic E-state index is -1.02. The number of hydrogen-bond acceptors (Lipinski definition) is 3. The van der Waals surface area contributed by atoms with Crippen LogP contribution in [0, 0.1) is 6.92 Å². The molecule has 0 fully saturated rings. The molecule has 14 heavy (non-hydrogen) atoms. The molecule has 2 atom stereocenters. The molecule has 2 unspecified atom stereocenters. The number of aliphatic hydroxyl groups excluding tert-OH is 2. The van der Waals surface area contributed by atoms with Crippen molar-refractivity contribution >= 4 is 17.3 Å².